The first-order valence-corrected chi connectivity index (χ1v) is 6.49. The molecule has 0 bridgehead atoms. The average Bonchev–Trinajstić information content (AvgIpc) is 2.21. The van der Waals surface area contributed by atoms with Gasteiger partial charge in [0.25, 0.3) is 0 Å². The Morgan fingerprint density at radius 3 is 2.53 bits per heavy atom. The zero-order valence-electron chi connectivity index (χ0n) is 11.7. The Morgan fingerprint density at radius 1 is 1.47 bits per heavy atom. The topological polar surface area (TPSA) is 50.4 Å². The monoisotopic (exact) mass is 242 g/mol. The van der Waals surface area contributed by atoms with Gasteiger partial charge in [-0.2, -0.15) is 0 Å². The van der Waals surface area contributed by atoms with Gasteiger partial charge in [0.05, 0.1) is 12.1 Å². The van der Waals surface area contributed by atoms with Crippen LogP contribution in [0.4, 0.5) is 0 Å². The summed E-state index contributed by atoms with van der Waals surface area (Å²) in [4.78, 5) is 11.9. The molecule has 0 heterocycles. The van der Waals surface area contributed by atoms with Crippen LogP contribution in [0.2, 0.25) is 0 Å². The van der Waals surface area contributed by atoms with Gasteiger partial charge in [-0.1, -0.05) is 6.92 Å². The van der Waals surface area contributed by atoms with Gasteiger partial charge in [-0.25, -0.2) is 0 Å². The van der Waals surface area contributed by atoms with Crippen molar-refractivity contribution >= 4 is 5.91 Å². The zero-order valence-corrected chi connectivity index (χ0v) is 11.7. The Balaban J connectivity index is 2.28. The molecule has 1 rings (SSSR count). The summed E-state index contributed by atoms with van der Waals surface area (Å²) < 4.78 is 5.22. The largest absolute Gasteiger partial charge is 0.381 e. The van der Waals surface area contributed by atoms with E-state index in [-0.39, 0.29) is 17.5 Å². The standard InChI is InChI=1S/C13H26N2O2/c1-6-13(3,4)15-12(16)9(2)14-10-7-11(8-10)17-5/h9-11,14H,6-8H2,1-5H3,(H,15,16). The van der Waals surface area contributed by atoms with Crippen LogP contribution in [0.25, 0.3) is 0 Å². The smallest absolute Gasteiger partial charge is 0.237 e. The molecule has 100 valence electrons. The third-order valence-electron chi connectivity index (χ3n) is 3.65. The third kappa shape index (κ3) is 4.28. The number of rotatable bonds is 6. The minimum atomic E-state index is -0.136. The summed E-state index contributed by atoms with van der Waals surface area (Å²) in [6.07, 6.45) is 3.31. The molecule has 1 fully saturated rings. The lowest BCUT2D eigenvalue weighted by Crippen LogP contribution is -2.55. The van der Waals surface area contributed by atoms with Crippen LogP contribution in [-0.2, 0) is 9.53 Å². The number of hydrogen-bond acceptors (Lipinski definition) is 3. The summed E-state index contributed by atoms with van der Waals surface area (Å²) in [6.45, 7) is 8.08. The molecule has 0 aromatic rings. The fraction of sp³-hybridized carbons (Fsp3) is 0.923. The predicted octanol–water partition coefficient (Wildman–Crippen LogP) is 1.45. The lowest BCUT2D eigenvalue weighted by Gasteiger charge is -2.37. The molecule has 1 aliphatic rings. The summed E-state index contributed by atoms with van der Waals surface area (Å²) >= 11 is 0. The summed E-state index contributed by atoms with van der Waals surface area (Å²) in [7, 11) is 1.74. The van der Waals surface area contributed by atoms with Crippen molar-refractivity contribution in [1.29, 1.82) is 0 Å². The van der Waals surface area contributed by atoms with Gasteiger partial charge in [0.2, 0.25) is 5.91 Å². The molecule has 1 aliphatic carbocycles. The maximum absolute atomic E-state index is 11.9. The fourth-order valence-corrected chi connectivity index (χ4v) is 1.85. The van der Waals surface area contributed by atoms with Gasteiger partial charge in [-0.05, 0) is 40.0 Å². The first-order chi connectivity index (χ1) is 7.88. The number of carbonyl (C=O) groups excluding carboxylic acids is 1. The second kappa shape index (κ2) is 5.83. The van der Waals surface area contributed by atoms with Crippen molar-refractivity contribution in [1.82, 2.24) is 10.6 Å². The van der Waals surface area contributed by atoms with Crippen LogP contribution in [0, 0.1) is 0 Å². The number of carbonyl (C=O) groups is 1. The number of methoxy groups -OCH3 is 1. The van der Waals surface area contributed by atoms with Gasteiger partial charge in [0.1, 0.15) is 0 Å². The van der Waals surface area contributed by atoms with Crippen molar-refractivity contribution < 1.29 is 9.53 Å². The Labute approximate surface area is 104 Å². The summed E-state index contributed by atoms with van der Waals surface area (Å²) in [6, 6.07) is 0.286. The molecule has 0 aliphatic heterocycles. The highest BCUT2D eigenvalue weighted by molar-refractivity contribution is 5.82. The highest BCUT2D eigenvalue weighted by atomic mass is 16.5. The molecule has 1 atom stereocenters. The van der Waals surface area contributed by atoms with Crippen LogP contribution in [0.1, 0.15) is 47.0 Å². The highest BCUT2D eigenvalue weighted by Crippen LogP contribution is 2.22. The van der Waals surface area contributed by atoms with E-state index in [0.29, 0.717) is 12.1 Å². The predicted molar refractivity (Wildman–Crippen MR) is 68.9 cm³/mol. The normalized spacial score (nSPS) is 26.2. The Morgan fingerprint density at radius 2 is 2.06 bits per heavy atom. The maximum Gasteiger partial charge on any atom is 0.237 e. The molecule has 1 saturated carbocycles. The van der Waals surface area contributed by atoms with E-state index in [4.69, 9.17) is 4.74 Å². The minimum Gasteiger partial charge on any atom is -0.381 e. The Kier molecular flexibility index (Phi) is 4.95. The minimum absolute atomic E-state index is 0.0812. The second-order valence-electron chi connectivity index (χ2n) is 5.64. The van der Waals surface area contributed by atoms with Crippen LogP contribution in [0.3, 0.4) is 0 Å². The van der Waals surface area contributed by atoms with Crippen molar-refractivity contribution in [2.45, 2.75) is 70.7 Å². The summed E-state index contributed by atoms with van der Waals surface area (Å²) in [5.74, 6) is 0.0812. The number of hydrogen-bond donors (Lipinski definition) is 2. The number of ether oxygens (including phenoxy) is 1. The lowest BCUT2D eigenvalue weighted by molar-refractivity contribution is -0.125. The molecule has 0 radical (unpaired) electrons. The van der Waals surface area contributed by atoms with Crippen molar-refractivity contribution in [3.8, 4) is 0 Å². The average molecular weight is 242 g/mol. The van der Waals surface area contributed by atoms with E-state index < -0.39 is 0 Å². The second-order valence-corrected chi connectivity index (χ2v) is 5.64. The third-order valence-corrected chi connectivity index (χ3v) is 3.65. The van der Waals surface area contributed by atoms with Crippen molar-refractivity contribution in [3.63, 3.8) is 0 Å². The van der Waals surface area contributed by atoms with Gasteiger partial charge in [0, 0.05) is 18.7 Å². The molecular weight excluding hydrogens is 216 g/mol. The highest BCUT2D eigenvalue weighted by Gasteiger charge is 2.31. The van der Waals surface area contributed by atoms with Crippen LogP contribution in [-0.4, -0.2) is 36.7 Å². The Bertz CT molecular complexity index is 260. The summed E-state index contributed by atoms with van der Waals surface area (Å²) in [5, 5.41) is 6.39. The molecule has 1 amide bonds. The quantitative estimate of drug-likeness (QED) is 0.741. The van der Waals surface area contributed by atoms with Crippen molar-refractivity contribution in [2.75, 3.05) is 7.11 Å². The van der Waals surface area contributed by atoms with Crippen LogP contribution in [0.5, 0.6) is 0 Å². The molecule has 1 unspecified atom stereocenters. The van der Waals surface area contributed by atoms with Gasteiger partial charge in [-0.3, -0.25) is 4.79 Å². The van der Waals surface area contributed by atoms with E-state index in [2.05, 4.69) is 17.6 Å². The molecule has 4 nitrogen and oxygen atoms in total. The number of amides is 1. The first-order valence-electron chi connectivity index (χ1n) is 6.49. The number of nitrogens with one attached hydrogen (secondary N) is 2. The van der Waals surface area contributed by atoms with Crippen molar-refractivity contribution in [2.24, 2.45) is 0 Å². The molecule has 0 saturated heterocycles. The SMILES string of the molecule is CCC(C)(C)NC(=O)C(C)NC1CC(OC)C1. The molecule has 4 heteroatoms. The first kappa shape index (κ1) is 14.5. The maximum atomic E-state index is 11.9. The molecular formula is C13H26N2O2. The molecule has 17 heavy (non-hydrogen) atoms. The van der Waals surface area contributed by atoms with E-state index >= 15 is 0 Å². The molecule has 0 spiro atoms. The van der Waals surface area contributed by atoms with E-state index in [1.165, 1.54) is 0 Å². The molecule has 2 N–H and O–H groups in total. The van der Waals surface area contributed by atoms with E-state index in [1.54, 1.807) is 7.11 Å². The van der Waals surface area contributed by atoms with Crippen LogP contribution >= 0.6 is 0 Å². The zero-order chi connectivity index (χ0) is 13.1. The van der Waals surface area contributed by atoms with Crippen LogP contribution in [0.15, 0.2) is 0 Å². The molecule has 0 aromatic carbocycles. The summed E-state index contributed by atoms with van der Waals surface area (Å²) in [5.41, 5.74) is -0.123. The van der Waals surface area contributed by atoms with Gasteiger partial charge >= 0.3 is 0 Å². The van der Waals surface area contributed by atoms with E-state index in [9.17, 15) is 4.79 Å². The van der Waals surface area contributed by atoms with E-state index in [1.807, 2.05) is 20.8 Å². The van der Waals surface area contributed by atoms with Crippen molar-refractivity contribution in [3.05, 3.63) is 0 Å². The van der Waals surface area contributed by atoms with Gasteiger partial charge < -0.3 is 15.4 Å². The fourth-order valence-electron chi connectivity index (χ4n) is 1.85. The molecule has 0 aromatic heterocycles. The Hall–Kier alpha value is -0.610. The van der Waals surface area contributed by atoms with Crippen LogP contribution < -0.4 is 10.6 Å². The lowest BCUT2D eigenvalue weighted by atomic mass is 9.88. The van der Waals surface area contributed by atoms with Gasteiger partial charge in [-0.15, -0.1) is 0 Å². The van der Waals surface area contributed by atoms with E-state index in [0.717, 1.165) is 19.3 Å². The van der Waals surface area contributed by atoms with Gasteiger partial charge in [0.15, 0.2) is 0 Å².